The van der Waals surface area contributed by atoms with Gasteiger partial charge in [-0.25, -0.2) is 0 Å². The topological polar surface area (TPSA) is 82.7 Å². The first-order chi connectivity index (χ1) is 7.19. The molecule has 1 aromatic heterocycles. The molecule has 0 bridgehead atoms. The second-order valence-corrected chi connectivity index (χ2v) is 3.16. The van der Waals surface area contributed by atoms with Crippen molar-refractivity contribution >= 4 is 5.91 Å². The van der Waals surface area contributed by atoms with Gasteiger partial charge in [0, 0.05) is 13.0 Å². The summed E-state index contributed by atoms with van der Waals surface area (Å²) in [4.78, 5) is 11.5. The van der Waals surface area contributed by atoms with E-state index < -0.39 is 6.10 Å². The van der Waals surface area contributed by atoms with E-state index in [0.29, 0.717) is 17.7 Å². The average Bonchev–Trinajstić information content (AvgIpc) is 2.73. The van der Waals surface area contributed by atoms with E-state index in [0.717, 1.165) is 0 Å². The van der Waals surface area contributed by atoms with Gasteiger partial charge in [0.15, 0.2) is 0 Å². The molecule has 1 unspecified atom stereocenters. The van der Waals surface area contributed by atoms with Gasteiger partial charge in [0.05, 0.1) is 24.5 Å². The van der Waals surface area contributed by atoms with Crippen molar-refractivity contribution in [2.45, 2.75) is 19.4 Å². The van der Waals surface area contributed by atoms with Crippen LogP contribution in [0.1, 0.15) is 23.0 Å². The molecule has 1 amide bonds. The number of furan rings is 1. The van der Waals surface area contributed by atoms with E-state index in [2.05, 4.69) is 5.32 Å². The number of carbonyl (C=O) groups is 1. The van der Waals surface area contributed by atoms with Crippen LogP contribution >= 0.6 is 0 Å². The Morgan fingerprint density at radius 1 is 1.67 bits per heavy atom. The van der Waals surface area contributed by atoms with Crippen molar-refractivity contribution in [2.75, 3.05) is 13.2 Å². The number of aryl methyl sites for hydroxylation is 1. The summed E-state index contributed by atoms with van der Waals surface area (Å²) in [6.45, 7) is 1.55. The van der Waals surface area contributed by atoms with Crippen molar-refractivity contribution in [1.82, 2.24) is 5.32 Å². The summed E-state index contributed by atoms with van der Waals surface area (Å²) >= 11 is 0. The Balaban J connectivity index is 2.54. The van der Waals surface area contributed by atoms with Crippen LogP contribution < -0.4 is 5.32 Å². The van der Waals surface area contributed by atoms with E-state index in [9.17, 15) is 4.79 Å². The number of rotatable bonds is 5. The van der Waals surface area contributed by atoms with Crippen LogP contribution in [-0.4, -0.2) is 35.4 Å². The molecule has 0 spiro atoms. The molecular formula is C10H15NO4. The van der Waals surface area contributed by atoms with Crippen LogP contribution in [0.15, 0.2) is 16.7 Å². The monoisotopic (exact) mass is 213 g/mol. The van der Waals surface area contributed by atoms with Crippen LogP contribution in [0, 0.1) is 0 Å². The summed E-state index contributed by atoms with van der Waals surface area (Å²) in [6, 6.07) is 1.58. The molecule has 15 heavy (non-hydrogen) atoms. The Hall–Kier alpha value is -1.33. The first kappa shape index (κ1) is 11.7. The lowest BCUT2D eigenvalue weighted by Crippen LogP contribution is -2.34. The Kier molecular flexibility index (Phi) is 4.33. The van der Waals surface area contributed by atoms with Gasteiger partial charge in [-0.2, -0.15) is 0 Å². The van der Waals surface area contributed by atoms with Crippen molar-refractivity contribution in [3.63, 3.8) is 0 Å². The van der Waals surface area contributed by atoms with Crippen LogP contribution in [-0.2, 0) is 6.42 Å². The summed E-state index contributed by atoms with van der Waals surface area (Å²) in [6.07, 6.45) is 1.17. The van der Waals surface area contributed by atoms with Crippen LogP contribution in [0.2, 0.25) is 0 Å². The minimum Gasteiger partial charge on any atom is -0.469 e. The van der Waals surface area contributed by atoms with E-state index >= 15 is 0 Å². The largest absolute Gasteiger partial charge is 0.469 e. The van der Waals surface area contributed by atoms with Gasteiger partial charge in [-0.3, -0.25) is 4.79 Å². The molecule has 84 valence electrons. The van der Waals surface area contributed by atoms with Crippen LogP contribution in [0.25, 0.3) is 0 Å². The molecule has 0 aliphatic rings. The maximum atomic E-state index is 11.5. The van der Waals surface area contributed by atoms with Crippen molar-refractivity contribution in [3.05, 3.63) is 23.7 Å². The van der Waals surface area contributed by atoms with E-state index in [4.69, 9.17) is 14.6 Å². The summed E-state index contributed by atoms with van der Waals surface area (Å²) in [7, 11) is 0. The maximum absolute atomic E-state index is 11.5. The van der Waals surface area contributed by atoms with Gasteiger partial charge >= 0.3 is 0 Å². The third-order valence-corrected chi connectivity index (χ3v) is 2.02. The fourth-order valence-corrected chi connectivity index (χ4v) is 1.19. The zero-order valence-corrected chi connectivity index (χ0v) is 8.56. The van der Waals surface area contributed by atoms with E-state index in [1.165, 1.54) is 6.26 Å². The predicted octanol–water partition coefficient (Wildman–Crippen LogP) is -0.0750. The molecular weight excluding hydrogens is 198 g/mol. The number of aliphatic hydroxyl groups excluding tert-OH is 2. The molecule has 0 saturated carbocycles. The molecule has 0 aliphatic carbocycles. The van der Waals surface area contributed by atoms with Crippen LogP contribution in [0.5, 0.6) is 0 Å². The van der Waals surface area contributed by atoms with Gasteiger partial charge < -0.3 is 19.9 Å². The maximum Gasteiger partial charge on any atom is 0.254 e. The lowest BCUT2D eigenvalue weighted by atomic mass is 10.2. The minimum absolute atomic E-state index is 0.0314. The quantitative estimate of drug-likeness (QED) is 0.639. The standard InChI is InChI=1S/C10H15NO4/c1-2-9-8(3-4-15-9)10(14)11-5-7(13)6-12/h3-4,7,12-13H,2,5-6H2,1H3,(H,11,14). The lowest BCUT2D eigenvalue weighted by molar-refractivity contribution is 0.0800. The van der Waals surface area contributed by atoms with Crippen molar-refractivity contribution < 1.29 is 19.4 Å². The third-order valence-electron chi connectivity index (χ3n) is 2.02. The minimum atomic E-state index is -0.925. The molecule has 0 aliphatic heterocycles. The second-order valence-electron chi connectivity index (χ2n) is 3.16. The Morgan fingerprint density at radius 3 is 3.00 bits per heavy atom. The summed E-state index contributed by atoms with van der Waals surface area (Å²) in [5, 5.41) is 20.1. The molecule has 1 atom stereocenters. The first-order valence-electron chi connectivity index (χ1n) is 4.82. The number of carbonyl (C=O) groups excluding carboxylic acids is 1. The number of aliphatic hydroxyl groups is 2. The lowest BCUT2D eigenvalue weighted by Gasteiger charge is -2.08. The average molecular weight is 213 g/mol. The van der Waals surface area contributed by atoms with Gasteiger partial charge in [-0.1, -0.05) is 6.92 Å². The van der Waals surface area contributed by atoms with Gasteiger partial charge in [0.2, 0.25) is 0 Å². The van der Waals surface area contributed by atoms with Crippen LogP contribution in [0.4, 0.5) is 0 Å². The molecule has 0 radical (unpaired) electrons. The molecule has 5 nitrogen and oxygen atoms in total. The van der Waals surface area contributed by atoms with Crippen molar-refractivity contribution in [1.29, 1.82) is 0 Å². The molecule has 3 N–H and O–H groups in total. The normalized spacial score (nSPS) is 12.5. The molecule has 1 aromatic rings. The highest BCUT2D eigenvalue weighted by Gasteiger charge is 2.13. The highest BCUT2D eigenvalue weighted by molar-refractivity contribution is 5.95. The van der Waals surface area contributed by atoms with Gasteiger partial charge in [0.25, 0.3) is 5.91 Å². The number of nitrogens with one attached hydrogen (secondary N) is 1. The van der Waals surface area contributed by atoms with Gasteiger partial charge in [0.1, 0.15) is 5.76 Å². The smallest absolute Gasteiger partial charge is 0.254 e. The van der Waals surface area contributed by atoms with Gasteiger partial charge in [-0.15, -0.1) is 0 Å². The zero-order chi connectivity index (χ0) is 11.3. The fraction of sp³-hybridized carbons (Fsp3) is 0.500. The van der Waals surface area contributed by atoms with E-state index in [-0.39, 0.29) is 19.1 Å². The number of amides is 1. The summed E-state index contributed by atoms with van der Waals surface area (Å²) in [5.41, 5.74) is 0.475. The Bertz CT molecular complexity index is 321. The highest BCUT2D eigenvalue weighted by Crippen LogP contribution is 2.10. The molecule has 5 heteroatoms. The fourth-order valence-electron chi connectivity index (χ4n) is 1.19. The summed E-state index contributed by atoms with van der Waals surface area (Å²) in [5.74, 6) is 0.319. The number of hydrogen-bond acceptors (Lipinski definition) is 4. The van der Waals surface area contributed by atoms with Crippen LogP contribution in [0.3, 0.4) is 0 Å². The molecule has 0 fully saturated rings. The first-order valence-corrected chi connectivity index (χ1v) is 4.82. The number of hydrogen-bond donors (Lipinski definition) is 3. The Morgan fingerprint density at radius 2 is 2.40 bits per heavy atom. The van der Waals surface area contributed by atoms with Crippen molar-refractivity contribution in [2.24, 2.45) is 0 Å². The second kappa shape index (κ2) is 5.53. The van der Waals surface area contributed by atoms with E-state index in [1.807, 2.05) is 6.92 Å². The summed E-state index contributed by atoms with van der Waals surface area (Å²) < 4.78 is 5.10. The highest BCUT2D eigenvalue weighted by atomic mass is 16.3. The SMILES string of the molecule is CCc1occc1C(=O)NCC(O)CO. The Labute approximate surface area is 87.7 Å². The molecule has 1 heterocycles. The predicted molar refractivity (Wildman–Crippen MR) is 53.5 cm³/mol. The van der Waals surface area contributed by atoms with E-state index in [1.54, 1.807) is 6.07 Å². The zero-order valence-electron chi connectivity index (χ0n) is 8.56. The molecule has 0 aromatic carbocycles. The molecule has 0 saturated heterocycles. The molecule has 1 rings (SSSR count). The van der Waals surface area contributed by atoms with Gasteiger partial charge in [-0.05, 0) is 6.07 Å². The third kappa shape index (κ3) is 3.07. The van der Waals surface area contributed by atoms with Crippen molar-refractivity contribution in [3.8, 4) is 0 Å².